The minimum atomic E-state index is 0.265. The summed E-state index contributed by atoms with van der Waals surface area (Å²) in [7, 11) is 2.20. The Morgan fingerprint density at radius 2 is 1.71 bits per heavy atom. The van der Waals surface area contributed by atoms with E-state index in [1.807, 2.05) is 0 Å². The SMILES string of the molecule is CCC(N)CNCc1ccc(CN2CCN(C)CC2)cc1. The van der Waals surface area contributed by atoms with Crippen LogP contribution in [0.15, 0.2) is 24.3 Å². The lowest BCUT2D eigenvalue weighted by molar-refractivity contribution is 0.148. The van der Waals surface area contributed by atoms with Crippen LogP contribution in [-0.2, 0) is 13.1 Å². The number of nitrogens with zero attached hydrogens (tertiary/aromatic N) is 2. The van der Waals surface area contributed by atoms with Crippen molar-refractivity contribution in [3.05, 3.63) is 35.4 Å². The first kappa shape index (κ1) is 16.4. The summed E-state index contributed by atoms with van der Waals surface area (Å²) in [4.78, 5) is 4.93. The van der Waals surface area contributed by atoms with Gasteiger partial charge in [-0.2, -0.15) is 0 Å². The summed E-state index contributed by atoms with van der Waals surface area (Å²) in [5.41, 5.74) is 8.65. The van der Waals surface area contributed by atoms with Gasteiger partial charge in [-0.25, -0.2) is 0 Å². The molecule has 0 radical (unpaired) electrons. The smallest absolute Gasteiger partial charge is 0.0234 e. The highest BCUT2D eigenvalue weighted by Gasteiger charge is 2.13. The summed E-state index contributed by atoms with van der Waals surface area (Å²) in [5.74, 6) is 0. The molecule has 1 saturated heterocycles. The highest BCUT2D eigenvalue weighted by molar-refractivity contribution is 5.22. The summed E-state index contributed by atoms with van der Waals surface area (Å²) < 4.78 is 0. The number of nitrogens with one attached hydrogen (secondary N) is 1. The monoisotopic (exact) mass is 290 g/mol. The van der Waals surface area contributed by atoms with Gasteiger partial charge < -0.3 is 16.0 Å². The van der Waals surface area contributed by atoms with E-state index in [2.05, 4.69) is 53.4 Å². The van der Waals surface area contributed by atoms with Gasteiger partial charge in [0.05, 0.1) is 0 Å². The van der Waals surface area contributed by atoms with Gasteiger partial charge in [0.1, 0.15) is 0 Å². The molecule has 1 aromatic carbocycles. The van der Waals surface area contributed by atoms with Gasteiger partial charge in [-0.15, -0.1) is 0 Å². The van der Waals surface area contributed by atoms with Crippen molar-refractivity contribution in [2.45, 2.75) is 32.5 Å². The van der Waals surface area contributed by atoms with E-state index in [9.17, 15) is 0 Å². The van der Waals surface area contributed by atoms with Gasteiger partial charge in [0.15, 0.2) is 0 Å². The molecular weight excluding hydrogens is 260 g/mol. The maximum absolute atomic E-state index is 5.90. The number of rotatable bonds is 7. The maximum atomic E-state index is 5.90. The zero-order valence-electron chi connectivity index (χ0n) is 13.5. The van der Waals surface area contributed by atoms with Crippen molar-refractivity contribution in [3.8, 4) is 0 Å². The zero-order chi connectivity index (χ0) is 15.1. The van der Waals surface area contributed by atoms with Crippen molar-refractivity contribution in [2.75, 3.05) is 39.8 Å². The van der Waals surface area contributed by atoms with Gasteiger partial charge in [-0.3, -0.25) is 4.90 Å². The normalized spacial score (nSPS) is 18.8. The molecule has 3 N–H and O–H groups in total. The predicted molar refractivity (Wildman–Crippen MR) is 89.2 cm³/mol. The zero-order valence-corrected chi connectivity index (χ0v) is 13.5. The van der Waals surface area contributed by atoms with Crippen LogP contribution in [0.4, 0.5) is 0 Å². The highest BCUT2D eigenvalue weighted by Crippen LogP contribution is 2.09. The minimum absolute atomic E-state index is 0.265. The minimum Gasteiger partial charge on any atom is -0.327 e. The Morgan fingerprint density at radius 3 is 2.33 bits per heavy atom. The standard InChI is InChI=1S/C17H30N4/c1-3-17(18)13-19-12-15-4-6-16(7-5-15)14-21-10-8-20(2)9-11-21/h4-7,17,19H,3,8-14,18H2,1-2H3. The molecule has 0 saturated carbocycles. The Morgan fingerprint density at radius 1 is 1.10 bits per heavy atom. The van der Waals surface area contributed by atoms with Crippen molar-refractivity contribution in [2.24, 2.45) is 5.73 Å². The van der Waals surface area contributed by atoms with E-state index in [4.69, 9.17) is 5.73 Å². The second-order valence-electron chi connectivity index (χ2n) is 6.20. The van der Waals surface area contributed by atoms with E-state index < -0.39 is 0 Å². The first-order valence-electron chi connectivity index (χ1n) is 8.12. The molecule has 0 spiro atoms. The van der Waals surface area contributed by atoms with E-state index in [1.165, 1.54) is 37.3 Å². The average Bonchev–Trinajstić information content (AvgIpc) is 2.51. The van der Waals surface area contributed by atoms with Crippen LogP contribution in [0.1, 0.15) is 24.5 Å². The fourth-order valence-corrected chi connectivity index (χ4v) is 2.57. The molecule has 118 valence electrons. The molecule has 1 unspecified atom stereocenters. The van der Waals surface area contributed by atoms with E-state index in [1.54, 1.807) is 0 Å². The summed E-state index contributed by atoms with van der Waals surface area (Å²) in [5, 5.41) is 3.42. The van der Waals surface area contributed by atoms with Crippen LogP contribution in [0, 0.1) is 0 Å². The van der Waals surface area contributed by atoms with Crippen LogP contribution >= 0.6 is 0 Å². The van der Waals surface area contributed by atoms with Crippen LogP contribution in [0.3, 0.4) is 0 Å². The van der Waals surface area contributed by atoms with Crippen LogP contribution in [-0.4, -0.2) is 55.6 Å². The lowest BCUT2D eigenvalue weighted by Gasteiger charge is -2.32. The summed E-state index contributed by atoms with van der Waals surface area (Å²) >= 11 is 0. The quantitative estimate of drug-likeness (QED) is 0.793. The first-order valence-corrected chi connectivity index (χ1v) is 8.12. The molecule has 2 rings (SSSR count). The molecule has 4 heteroatoms. The van der Waals surface area contributed by atoms with Crippen molar-refractivity contribution in [1.82, 2.24) is 15.1 Å². The van der Waals surface area contributed by atoms with E-state index in [0.29, 0.717) is 0 Å². The Balaban J connectivity index is 1.74. The first-order chi connectivity index (χ1) is 10.2. The number of benzene rings is 1. The third-order valence-electron chi connectivity index (χ3n) is 4.29. The number of piperazine rings is 1. The van der Waals surface area contributed by atoms with Crippen LogP contribution in [0.5, 0.6) is 0 Å². The van der Waals surface area contributed by atoms with Crippen molar-refractivity contribution < 1.29 is 0 Å². The number of hydrogen-bond donors (Lipinski definition) is 2. The Bertz CT molecular complexity index is 396. The molecule has 0 bridgehead atoms. The average molecular weight is 290 g/mol. The molecule has 0 amide bonds. The molecule has 0 aliphatic carbocycles. The molecule has 0 aromatic heterocycles. The summed E-state index contributed by atoms with van der Waals surface area (Å²) in [6.45, 7) is 9.70. The topological polar surface area (TPSA) is 44.5 Å². The van der Waals surface area contributed by atoms with Gasteiger partial charge in [0.25, 0.3) is 0 Å². The van der Waals surface area contributed by atoms with Gasteiger partial charge in [0, 0.05) is 51.9 Å². The van der Waals surface area contributed by atoms with Gasteiger partial charge in [-0.05, 0) is 24.6 Å². The Kier molecular flexibility index (Phi) is 6.64. The molecule has 1 aliphatic rings. The van der Waals surface area contributed by atoms with Gasteiger partial charge in [-0.1, -0.05) is 31.2 Å². The predicted octanol–water partition coefficient (Wildman–Crippen LogP) is 1.26. The second-order valence-corrected chi connectivity index (χ2v) is 6.20. The van der Waals surface area contributed by atoms with Crippen molar-refractivity contribution in [3.63, 3.8) is 0 Å². The van der Waals surface area contributed by atoms with Crippen LogP contribution < -0.4 is 11.1 Å². The van der Waals surface area contributed by atoms with Crippen LogP contribution in [0.25, 0.3) is 0 Å². The molecule has 4 nitrogen and oxygen atoms in total. The Labute approximate surface area is 129 Å². The van der Waals surface area contributed by atoms with E-state index in [-0.39, 0.29) is 6.04 Å². The third kappa shape index (κ3) is 5.75. The molecule has 1 aliphatic heterocycles. The summed E-state index contributed by atoms with van der Waals surface area (Å²) in [6.07, 6.45) is 1.02. The third-order valence-corrected chi connectivity index (χ3v) is 4.29. The van der Waals surface area contributed by atoms with Gasteiger partial charge in [0.2, 0.25) is 0 Å². The molecule has 21 heavy (non-hydrogen) atoms. The highest BCUT2D eigenvalue weighted by atomic mass is 15.2. The van der Waals surface area contributed by atoms with E-state index in [0.717, 1.165) is 26.1 Å². The van der Waals surface area contributed by atoms with E-state index >= 15 is 0 Å². The fourth-order valence-electron chi connectivity index (χ4n) is 2.57. The van der Waals surface area contributed by atoms with Gasteiger partial charge >= 0.3 is 0 Å². The number of nitrogens with two attached hydrogens (primary N) is 1. The van der Waals surface area contributed by atoms with Crippen molar-refractivity contribution >= 4 is 0 Å². The lowest BCUT2D eigenvalue weighted by atomic mass is 10.1. The Hall–Kier alpha value is -0.940. The fraction of sp³-hybridized carbons (Fsp3) is 0.647. The lowest BCUT2D eigenvalue weighted by Crippen LogP contribution is -2.43. The van der Waals surface area contributed by atoms with Crippen LogP contribution in [0.2, 0.25) is 0 Å². The molecule has 1 fully saturated rings. The number of likely N-dealkylation sites (N-methyl/N-ethyl adjacent to an activating group) is 1. The largest absolute Gasteiger partial charge is 0.327 e. The number of hydrogen-bond acceptors (Lipinski definition) is 4. The maximum Gasteiger partial charge on any atom is 0.0234 e. The summed E-state index contributed by atoms with van der Waals surface area (Å²) in [6, 6.07) is 9.25. The molecule has 1 atom stereocenters. The molecular formula is C17H30N4. The van der Waals surface area contributed by atoms with Crippen molar-refractivity contribution in [1.29, 1.82) is 0 Å². The second kappa shape index (κ2) is 8.49. The molecule has 1 aromatic rings. The molecule has 1 heterocycles.